The van der Waals surface area contributed by atoms with Crippen molar-refractivity contribution < 1.29 is 32.7 Å². The zero-order valence-electron chi connectivity index (χ0n) is 19.9. The van der Waals surface area contributed by atoms with Gasteiger partial charge < -0.3 is 9.67 Å². The van der Waals surface area contributed by atoms with Crippen LogP contribution in [-0.4, -0.2) is 38.8 Å². The van der Waals surface area contributed by atoms with Gasteiger partial charge in [-0.25, -0.2) is 13.2 Å². The number of benzene rings is 2. The second-order valence-corrected chi connectivity index (χ2v) is 8.65. The number of halogens is 3. The highest BCUT2D eigenvalue weighted by atomic mass is 19.1. The van der Waals surface area contributed by atoms with Crippen LogP contribution in [0.2, 0.25) is 0 Å². The Morgan fingerprint density at radius 2 is 1.68 bits per heavy atom. The SMILES string of the molecule is O=C(C=C(O)c1cc(Cc2c(F)cccc2F)cn(Cc2ccccc2F)c1=O)C(=O)NN1CCCC1=O. The number of aliphatic hydroxyl groups excluding tert-OH is 1. The van der Waals surface area contributed by atoms with E-state index in [-0.39, 0.29) is 48.5 Å². The molecular weight excluding hydrogens is 503 g/mol. The van der Waals surface area contributed by atoms with Gasteiger partial charge in [0.1, 0.15) is 23.2 Å². The molecule has 38 heavy (non-hydrogen) atoms. The summed E-state index contributed by atoms with van der Waals surface area (Å²) < 4.78 is 43.9. The fraction of sp³-hybridized carbons (Fsp3) is 0.185. The fourth-order valence-corrected chi connectivity index (χ4v) is 4.02. The molecule has 0 unspecified atom stereocenters. The molecule has 1 fully saturated rings. The third-order valence-electron chi connectivity index (χ3n) is 5.96. The van der Waals surface area contributed by atoms with E-state index in [0.29, 0.717) is 12.5 Å². The molecule has 0 bridgehead atoms. The summed E-state index contributed by atoms with van der Waals surface area (Å²) in [6.07, 6.45) is 2.16. The minimum absolute atomic E-state index is 0.129. The van der Waals surface area contributed by atoms with E-state index in [2.05, 4.69) is 5.43 Å². The summed E-state index contributed by atoms with van der Waals surface area (Å²) in [7, 11) is 0. The molecule has 0 saturated carbocycles. The van der Waals surface area contributed by atoms with Crippen LogP contribution >= 0.6 is 0 Å². The molecule has 0 atom stereocenters. The highest BCUT2D eigenvalue weighted by Crippen LogP contribution is 2.19. The molecule has 2 N–H and O–H groups in total. The summed E-state index contributed by atoms with van der Waals surface area (Å²) in [4.78, 5) is 49.4. The van der Waals surface area contributed by atoms with Crippen molar-refractivity contribution in [2.75, 3.05) is 6.54 Å². The number of nitrogens with zero attached hydrogens (tertiary/aromatic N) is 2. The van der Waals surface area contributed by atoms with E-state index in [9.17, 15) is 37.5 Å². The minimum Gasteiger partial charge on any atom is -0.507 e. The first kappa shape index (κ1) is 26.4. The predicted molar refractivity (Wildman–Crippen MR) is 130 cm³/mol. The second kappa shape index (κ2) is 11.2. The average Bonchev–Trinajstić information content (AvgIpc) is 3.28. The molecule has 0 spiro atoms. The molecule has 0 aliphatic carbocycles. The lowest BCUT2D eigenvalue weighted by Crippen LogP contribution is -2.45. The highest BCUT2D eigenvalue weighted by molar-refractivity contribution is 6.41. The number of hydrogen-bond acceptors (Lipinski definition) is 5. The Morgan fingerprint density at radius 1 is 1.00 bits per heavy atom. The van der Waals surface area contributed by atoms with Gasteiger partial charge in [-0.3, -0.25) is 29.6 Å². The number of pyridine rings is 1. The molecule has 1 aliphatic heterocycles. The largest absolute Gasteiger partial charge is 0.507 e. The third kappa shape index (κ3) is 5.83. The van der Waals surface area contributed by atoms with Crippen LogP contribution in [0.5, 0.6) is 0 Å². The van der Waals surface area contributed by atoms with Crippen molar-refractivity contribution in [3.05, 3.63) is 111 Å². The Kier molecular flexibility index (Phi) is 7.75. The van der Waals surface area contributed by atoms with Crippen LogP contribution in [-0.2, 0) is 27.3 Å². The quantitative estimate of drug-likeness (QED) is 0.267. The van der Waals surface area contributed by atoms with E-state index < -0.39 is 46.0 Å². The Labute approximate surface area is 214 Å². The lowest BCUT2D eigenvalue weighted by Gasteiger charge is -2.15. The molecule has 1 aliphatic rings. The van der Waals surface area contributed by atoms with Gasteiger partial charge in [-0.15, -0.1) is 0 Å². The molecule has 2 aromatic carbocycles. The predicted octanol–water partition coefficient (Wildman–Crippen LogP) is 3.03. The van der Waals surface area contributed by atoms with E-state index in [0.717, 1.165) is 27.8 Å². The van der Waals surface area contributed by atoms with Crippen molar-refractivity contribution in [2.24, 2.45) is 0 Å². The van der Waals surface area contributed by atoms with Crippen molar-refractivity contribution in [3.8, 4) is 0 Å². The number of hydrazine groups is 1. The lowest BCUT2D eigenvalue weighted by molar-refractivity contribution is -0.143. The van der Waals surface area contributed by atoms with Crippen molar-refractivity contribution >= 4 is 23.4 Å². The van der Waals surface area contributed by atoms with Gasteiger partial charge in [0.05, 0.1) is 12.1 Å². The van der Waals surface area contributed by atoms with Crippen LogP contribution in [0.25, 0.3) is 5.76 Å². The number of amides is 2. The maximum Gasteiger partial charge on any atom is 0.310 e. The van der Waals surface area contributed by atoms with Crippen molar-refractivity contribution in [1.82, 2.24) is 15.0 Å². The van der Waals surface area contributed by atoms with Gasteiger partial charge in [-0.1, -0.05) is 24.3 Å². The number of aromatic nitrogens is 1. The van der Waals surface area contributed by atoms with Crippen molar-refractivity contribution in [3.63, 3.8) is 0 Å². The molecule has 3 aromatic rings. The minimum atomic E-state index is -1.24. The van der Waals surface area contributed by atoms with Gasteiger partial charge in [0.15, 0.2) is 0 Å². The zero-order valence-corrected chi connectivity index (χ0v) is 19.9. The van der Waals surface area contributed by atoms with Crippen LogP contribution in [0.3, 0.4) is 0 Å². The van der Waals surface area contributed by atoms with Crippen LogP contribution < -0.4 is 11.0 Å². The first-order valence-electron chi connectivity index (χ1n) is 11.6. The van der Waals surface area contributed by atoms with Crippen molar-refractivity contribution in [2.45, 2.75) is 25.8 Å². The number of carbonyl (C=O) groups excluding carboxylic acids is 3. The maximum atomic E-state index is 14.3. The Morgan fingerprint density at radius 3 is 2.34 bits per heavy atom. The summed E-state index contributed by atoms with van der Waals surface area (Å²) in [5.74, 6) is -5.97. The first-order valence-corrected chi connectivity index (χ1v) is 11.6. The summed E-state index contributed by atoms with van der Waals surface area (Å²) in [6, 6.07) is 10.1. The van der Waals surface area contributed by atoms with Gasteiger partial charge in [0.2, 0.25) is 11.7 Å². The van der Waals surface area contributed by atoms with E-state index in [1.54, 1.807) is 6.07 Å². The molecule has 196 valence electrons. The third-order valence-corrected chi connectivity index (χ3v) is 5.96. The average molecular weight is 525 g/mol. The molecule has 0 radical (unpaired) electrons. The molecule has 4 rings (SSSR count). The van der Waals surface area contributed by atoms with E-state index >= 15 is 0 Å². The van der Waals surface area contributed by atoms with Crippen LogP contribution in [0.15, 0.2) is 65.6 Å². The standard InChI is InChI=1S/C27H22F3N3O5/c28-20-6-2-1-5-17(20)15-32-14-16(11-18-21(29)7-3-8-22(18)30)12-19(27(32)38)23(34)13-24(35)26(37)31-33-10-4-9-25(33)36/h1-3,5-8,12-14,34H,4,9-11,15H2,(H,31,37). The monoisotopic (exact) mass is 525 g/mol. The Balaban J connectivity index is 1.71. The van der Waals surface area contributed by atoms with Crippen LogP contribution in [0.4, 0.5) is 13.2 Å². The summed E-state index contributed by atoms with van der Waals surface area (Å²) in [6.45, 7) is -0.0617. The normalized spacial score (nSPS) is 13.6. The number of rotatable bonds is 8. The van der Waals surface area contributed by atoms with Crippen molar-refractivity contribution in [1.29, 1.82) is 0 Å². The topological polar surface area (TPSA) is 109 Å². The van der Waals surface area contributed by atoms with Gasteiger partial charge in [-0.05, 0) is 36.2 Å². The number of aliphatic hydroxyl groups is 1. The molecule has 2 amide bonds. The lowest BCUT2D eigenvalue weighted by atomic mass is 10.0. The number of hydrogen-bond donors (Lipinski definition) is 2. The Hall–Kier alpha value is -4.67. The molecule has 1 saturated heterocycles. The molecule has 2 heterocycles. The zero-order chi connectivity index (χ0) is 27.4. The summed E-state index contributed by atoms with van der Waals surface area (Å²) in [5.41, 5.74) is 0.836. The van der Waals surface area contributed by atoms with E-state index in [1.165, 1.54) is 30.5 Å². The highest BCUT2D eigenvalue weighted by Gasteiger charge is 2.25. The smallest absolute Gasteiger partial charge is 0.310 e. The molecule has 11 heteroatoms. The second-order valence-electron chi connectivity index (χ2n) is 8.65. The molecular formula is C27H22F3N3O5. The van der Waals surface area contributed by atoms with E-state index in [1.807, 2.05) is 0 Å². The number of carbonyl (C=O) groups is 3. The summed E-state index contributed by atoms with van der Waals surface area (Å²) in [5, 5.41) is 11.6. The van der Waals surface area contributed by atoms with Gasteiger partial charge in [0.25, 0.3) is 5.56 Å². The van der Waals surface area contributed by atoms with Gasteiger partial charge >= 0.3 is 5.91 Å². The first-order chi connectivity index (χ1) is 18.1. The Bertz CT molecular complexity index is 1500. The van der Waals surface area contributed by atoms with E-state index in [4.69, 9.17) is 0 Å². The fourth-order valence-electron chi connectivity index (χ4n) is 4.02. The number of nitrogens with one attached hydrogen (secondary N) is 1. The summed E-state index contributed by atoms with van der Waals surface area (Å²) >= 11 is 0. The van der Waals surface area contributed by atoms with Gasteiger partial charge in [0, 0.05) is 42.8 Å². The molecule has 8 nitrogen and oxygen atoms in total. The molecule has 1 aromatic heterocycles. The maximum absolute atomic E-state index is 14.3. The van der Waals surface area contributed by atoms with Crippen LogP contribution in [0.1, 0.15) is 35.1 Å². The van der Waals surface area contributed by atoms with Crippen LogP contribution in [0, 0.1) is 17.5 Å². The number of ketones is 1. The van der Waals surface area contributed by atoms with Gasteiger partial charge in [-0.2, -0.15) is 0 Å².